The molecule has 0 saturated carbocycles. The zero-order valence-corrected chi connectivity index (χ0v) is 21.8. The number of aromatic nitrogens is 3. The van der Waals surface area contributed by atoms with E-state index in [9.17, 15) is 22.0 Å². The van der Waals surface area contributed by atoms with Crippen LogP contribution in [0.1, 0.15) is 34.7 Å². The molecule has 2 aromatic heterocycles. The van der Waals surface area contributed by atoms with Gasteiger partial charge < -0.3 is 10.1 Å². The number of hydrogen-bond donors (Lipinski definition) is 1. The number of benzene rings is 2. The fourth-order valence-corrected chi connectivity index (χ4v) is 6.36. The van der Waals surface area contributed by atoms with E-state index in [0.29, 0.717) is 41.8 Å². The summed E-state index contributed by atoms with van der Waals surface area (Å²) in [7, 11) is -2.49. The van der Waals surface area contributed by atoms with Crippen LogP contribution >= 0.6 is 0 Å². The highest BCUT2D eigenvalue weighted by atomic mass is 32.2. The lowest BCUT2D eigenvalue weighted by Crippen LogP contribution is -2.28. The standard InChI is InChI=1S/C26H25F2N5O4S/c1-15-10-16(2)33-25(29-15)23(24(31-33)26(34)30-20-13-18(27)12-19(28)14-20)17-6-7-21(37-3)22(11-17)38(35,36)32-8-4-5-9-32/h6-7,10-14H,4-5,8-9H2,1-3H3,(H,30,34). The molecule has 5 rings (SSSR count). The Morgan fingerprint density at radius 2 is 1.71 bits per heavy atom. The van der Waals surface area contributed by atoms with E-state index in [4.69, 9.17) is 4.74 Å². The minimum absolute atomic E-state index is 0.0401. The lowest BCUT2D eigenvalue weighted by molar-refractivity contribution is 0.102. The van der Waals surface area contributed by atoms with E-state index in [1.807, 2.05) is 0 Å². The molecule has 1 saturated heterocycles. The van der Waals surface area contributed by atoms with Gasteiger partial charge in [-0.15, -0.1) is 0 Å². The minimum atomic E-state index is -3.88. The molecule has 1 aliphatic heterocycles. The molecule has 0 unspecified atom stereocenters. The van der Waals surface area contributed by atoms with Crippen molar-refractivity contribution < 1.29 is 26.7 Å². The van der Waals surface area contributed by atoms with E-state index in [1.54, 1.807) is 26.0 Å². The summed E-state index contributed by atoms with van der Waals surface area (Å²) in [4.78, 5) is 17.9. The molecule has 0 atom stereocenters. The average molecular weight is 542 g/mol. The summed E-state index contributed by atoms with van der Waals surface area (Å²) < 4.78 is 62.7. The van der Waals surface area contributed by atoms with Gasteiger partial charge in [0.2, 0.25) is 10.0 Å². The first-order valence-corrected chi connectivity index (χ1v) is 13.4. The Morgan fingerprint density at radius 3 is 2.37 bits per heavy atom. The van der Waals surface area contributed by atoms with Crippen molar-refractivity contribution in [2.75, 3.05) is 25.5 Å². The Balaban J connectivity index is 1.70. The minimum Gasteiger partial charge on any atom is -0.495 e. The SMILES string of the molecule is COc1ccc(-c2c(C(=O)Nc3cc(F)cc(F)c3)nn3c(C)cc(C)nc23)cc1S(=O)(=O)N1CCCC1. The fourth-order valence-electron chi connectivity index (χ4n) is 4.66. The topological polar surface area (TPSA) is 106 Å². The third kappa shape index (κ3) is 4.61. The van der Waals surface area contributed by atoms with Crippen LogP contribution in [0.2, 0.25) is 0 Å². The highest BCUT2D eigenvalue weighted by Crippen LogP contribution is 2.36. The van der Waals surface area contributed by atoms with E-state index in [1.165, 1.54) is 28.1 Å². The van der Waals surface area contributed by atoms with Gasteiger partial charge in [-0.05, 0) is 62.6 Å². The van der Waals surface area contributed by atoms with Gasteiger partial charge in [-0.2, -0.15) is 9.40 Å². The third-order valence-electron chi connectivity index (χ3n) is 6.37. The lowest BCUT2D eigenvalue weighted by Gasteiger charge is -2.18. The summed E-state index contributed by atoms with van der Waals surface area (Å²) in [6.07, 6.45) is 1.53. The fraction of sp³-hybridized carbons (Fsp3) is 0.269. The molecule has 12 heteroatoms. The van der Waals surface area contributed by atoms with Crippen molar-refractivity contribution in [1.82, 2.24) is 18.9 Å². The molecule has 1 fully saturated rings. The van der Waals surface area contributed by atoms with Gasteiger partial charge in [-0.25, -0.2) is 26.7 Å². The number of anilines is 1. The van der Waals surface area contributed by atoms with Crippen molar-refractivity contribution in [2.45, 2.75) is 31.6 Å². The van der Waals surface area contributed by atoms with Crippen LogP contribution in [0.4, 0.5) is 14.5 Å². The molecule has 3 heterocycles. The van der Waals surface area contributed by atoms with E-state index in [-0.39, 0.29) is 27.6 Å². The third-order valence-corrected chi connectivity index (χ3v) is 8.29. The number of ether oxygens (including phenoxy) is 1. The highest BCUT2D eigenvalue weighted by molar-refractivity contribution is 7.89. The van der Waals surface area contributed by atoms with Gasteiger partial charge in [0.15, 0.2) is 11.3 Å². The van der Waals surface area contributed by atoms with Crippen molar-refractivity contribution in [3.05, 3.63) is 71.2 Å². The Morgan fingerprint density at radius 1 is 1.03 bits per heavy atom. The number of hydrogen-bond acceptors (Lipinski definition) is 6. The maximum atomic E-state index is 13.8. The first kappa shape index (κ1) is 25.7. The molecule has 0 radical (unpaired) electrons. The number of sulfonamides is 1. The molecular formula is C26H25F2N5O4S. The number of aryl methyl sites for hydroxylation is 2. The van der Waals surface area contributed by atoms with Gasteiger partial charge in [-0.1, -0.05) is 6.07 Å². The van der Waals surface area contributed by atoms with Crippen LogP contribution in [0.3, 0.4) is 0 Å². The highest BCUT2D eigenvalue weighted by Gasteiger charge is 2.32. The van der Waals surface area contributed by atoms with E-state index in [2.05, 4.69) is 15.4 Å². The predicted molar refractivity (Wildman–Crippen MR) is 137 cm³/mol. The van der Waals surface area contributed by atoms with Crippen LogP contribution in [0, 0.1) is 25.5 Å². The molecule has 0 spiro atoms. The maximum absolute atomic E-state index is 13.8. The number of halogens is 2. The second kappa shape index (κ2) is 9.76. The van der Waals surface area contributed by atoms with Crippen molar-refractivity contribution >= 4 is 27.3 Å². The first-order chi connectivity index (χ1) is 18.1. The zero-order valence-electron chi connectivity index (χ0n) is 21.0. The zero-order chi connectivity index (χ0) is 27.2. The number of nitrogens with zero attached hydrogens (tertiary/aromatic N) is 4. The molecule has 2 aromatic carbocycles. The summed E-state index contributed by atoms with van der Waals surface area (Å²) >= 11 is 0. The van der Waals surface area contributed by atoms with E-state index >= 15 is 0 Å². The average Bonchev–Trinajstić information content (AvgIpc) is 3.52. The van der Waals surface area contributed by atoms with E-state index in [0.717, 1.165) is 25.0 Å². The summed E-state index contributed by atoms with van der Waals surface area (Å²) in [5, 5.41) is 6.93. The monoisotopic (exact) mass is 541 g/mol. The van der Waals surface area contributed by atoms with Crippen LogP contribution in [-0.2, 0) is 10.0 Å². The second-order valence-corrected chi connectivity index (χ2v) is 11.0. The largest absolute Gasteiger partial charge is 0.495 e. The Bertz CT molecular complexity index is 1660. The first-order valence-electron chi connectivity index (χ1n) is 11.9. The van der Waals surface area contributed by atoms with Gasteiger partial charge in [0.1, 0.15) is 22.3 Å². The Kier molecular flexibility index (Phi) is 6.61. The number of carbonyl (C=O) groups is 1. The number of fused-ring (bicyclic) bond motifs is 1. The van der Waals surface area contributed by atoms with Crippen LogP contribution < -0.4 is 10.1 Å². The summed E-state index contributed by atoms with van der Waals surface area (Å²) in [6.45, 7) is 4.39. The summed E-state index contributed by atoms with van der Waals surface area (Å²) in [5.41, 5.74) is 2.12. The predicted octanol–water partition coefficient (Wildman–Crippen LogP) is 4.34. The molecule has 1 N–H and O–H groups in total. The number of amides is 1. The normalized spacial score (nSPS) is 14.2. The Labute approximate surface area is 218 Å². The molecule has 4 aromatic rings. The molecule has 38 heavy (non-hydrogen) atoms. The molecular weight excluding hydrogens is 516 g/mol. The van der Waals surface area contributed by atoms with Crippen LogP contribution in [0.15, 0.2) is 47.4 Å². The summed E-state index contributed by atoms with van der Waals surface area (Å²) in [6, 6.07) is 9.04. The van der Waals surface area contributed by atoms with Gasteiger partial charge >= 0.3 is 0 Å². The van der Waals surface area contributed by atoms with Crippen molar-refractivity contribution in [3.63, 3.8) is 0 Å². The van der Waals surface area contributed by atoms with Crippen molar-refractivity contribution in [1.29, 1.82) is 0 Å². The number of methoxy groups -OCH3 is 1. The molecule has 1 amide bonds. The van der Waals surface area contributed by atoms with Crippen molar-refractivity contribution in [3.8, 4) is 16.9 Å². The number of carbonyl (C=O) groups excluding carboxylic acids is 1. The van der Waals surface area contributed by atoms with Crippen molar-refractivity contribution in [2.24, 2.45) is 0 Å². The maximum Gasteiger partial charge on any atom is 0.276 e. The number of rotatable bonds is 6. The van der Waals surface area contributed by atoms with Gasteiger partial charge in [0.25, 0.3) is 5.91 Å². The molecule has 198 valence electrons. The van der Waals surface area contributed by atoms with Gasteiger partial charge in [0.05, 0.1) is 12.7 Å². The quantitative estimate of drug-likeness (QED) is 0.389. The molecule has 9 nitrogen and oxygen atoms in total. The van der Waals surface area contributed by atoms with Crippen LogP contribution in [0.5, 0.6) is 5.75 Å². The van der Waals surface area contributed by atoms with Gasteiger partial charge in [0, 0.05) is 36.2 Å². The van der Waals surface area contributed by atoms with Crippen LogP contribution in [0.25, 0.3) is 16.8 Å². The summed E-state index contributed by atoms with van der Waals surface area (Å²) in [5.74, 6) is -2.28. The number of nitrogens with one attached hydrogen (secondary N) is 1. The lowest BCUT2D eigenvalue weighted by atomic mass is 10.0. The Hall–Kier alpha value is -3.90. The van der Waals surface area contributed by atoms with Crippen LogP contribution in [-0.4, -0.2) is 53.4 Å². The van der Waals surface area contributed by atoms with E-state index < -0.39 is 27.6 Å². The van der Waals surface area contributed by atoms with Gasteiger partial charge in [-0.3, -0.25) is 4.79 Å². The second-order valence-electron chi connectivity index (χ2n) is 9.09. The molecule has 1 aliphatic rings. The molecule has 0 aliphatic carbocycles. The molecule has 0 bridgehead atoms. The smallest absolute Gasteiger partial charge is 0.276 e.